The Morgan fingerprint density at radius 1 is 1.33 bits per heavy atom. The third-order valence-corrected chi connectivity index (χ3v) is 6.19. The van der Waals surface area contributed by atoms with Crippen LogP contribution >= 0.6 is 15.9 Å². The van der Waals surface area contributed by atoms with Crippen molar-refractivity contribution in [3.8, 4) is 5.75 Å². The number of carbonyl (C=O) groups is 1. The molecule has 0 saturated heterocycles. The molecule has 0 bridgehead atoms. The molecule has 1 atom stereocenters. The van der Waals surface area contributed by atoms with Gasteiger partial charge in [-0.3, -0.25) is 4.79 Å². The summed E-state index contributed by atoms with van der Waals surface area (Å²) in [6.07, 6.45) is 2.83. The molecule has 1 amide bonds. The molecular weight excluding hydrogens is 442 g/mol. The molecule has 0 radical (unpaired) electrons. The number of hydrazone groups is 1. The van der Waals surface area contributed by atoms with Crippen LogP contribution in [0.3, 0.4) is 0 Å². The molecule has 0 aliphatic carbocycles. The quantitative estimate of drug-likeness (QED) is 0.453. The topological polar surface area (TPSA) is 53.9 Å². The van der Waals surface area contributed by atoms with Crippen molar-refractivity contribution in [3.05, 3.63) is 57.6 Å². The van der Waals surface area contributed by atoms with Crippen LogP contribution in [0.2, 0.25) is 0 Å². The predicted molar refractivity (Wildman–Crippen MR) is 127 cm³/mol. The Morgan fingerprint density at radius 2 is 2.03 bits per heavy atom. The molecule has 30 heavy (non-hydrogen) atoms. The van der Waals surface area contributed by atoms with Gasteiger partial charge in [-0.2, -0.15) is 5.10 Å². The molecule has 0 fully saturated rings. The average molecular weight is 472 g/mol. The number of halogens is 1. The first kappa shape index (κ1) is 22.3. The van der Waals surface area contributed by atoms with E-state index in [0.29, 0.717) is 11.7 Å². The van der Waals surface area contributed by atoms with Crippen LogP contribution in [-0.2, 0) is 4.79 Å². The molecule has 0 aromatic heterocycles. The Morgan fingerprint density at radius 3 is 2.70 bits per heavy atom. The van der Waals surface area contributed by atoms with Crippen LogP contribution in [0.15, 0.2) is 46.0 Å². The summed E-state index contributed by atoms with van der Waals surface area (Å²) in [5.41, 5.74) is 7.50. The molecule has 1 aliphatic heterocycles. The van der Waals surface area contributed by atoms with Crippen LogP contribution in [0.4, 0.5) is 5.69 Å². The number of hydrogen-bond donors (Lipinski definition) is 1. The van der Waals surface area contributed by atoms with Crippen molar-refractivity contribution >= 4 is 33.7 Å². The SMILES string of the molecule is CCN1c2cc(C)c(/C=N\NC(=O)COc3ccc(Br)cc3)cc2C(C)CC1(C)C. The van der Waals surface area contributed by atoms with Gasteiger partial charge in [0.25, 0.3) is 5.91 Å². The highest BCUT2D eigenvalue weighted by molar-refractivity contribution is 9.10. The molecular formula is C24H30BrN3O2. The van der Waals surface area contributed by atoms with E-state index in [1.807, 2.05) is 12.1 Å². The molecule has 1 N–H and O–H groups in total. The van der Waals surface area contributed by atoms with E-state index in [2.05, 4.69) is 78.1 Å². The number of nitrogens with one attached hydrogen (secondary N) is 1. The number of benzene rings is 2. The number of rotatable bonds is 6. The lowest BCUT2D eigenvalue weighted by molar-refractivity contribution is -0.123. The minimum atomic E-state index is -0.294. The van der Waals surface area contributed by atoms with Gasteiger partial charge in [-0.1, -0.05) is 22.9 Å². The highest BCUT2D eigenvalue weighted by atomic mass is 79.9. The van der Waals surface area contributed by atoms with Gasteiger partial charge < -0.3 is 9.64 Å². The van der Waals surface area contributed by atoms with Crippen molar-refractivity contribution < 1.29 is 9.53 Å². The first-order chi connectivity index (χ1) is 14.2. The summed E-state index contributed by atoms with van der Waals surface area (Å²) < 4.78 is 6.43. The molecule has 1 aliphatic rings. The molecule has 1 heterocycles. The summed E-state index contributed by atoms with van der Waals surface area (Å²) in [7, 11) is 0. The highest BCUT2D eigenvalue weighted by Crippen LogP contribution is 2.43. The van der Waals surface area contributed by atoms with Crippen LogP contribution in [0.25, 0.3) is 0 Å². The van der Waals surface area contributed by atoms with Crippen molar-refractivity contribution in [2.45, 2.75) is 52.5 Å². The van der Waals surface area contributed by atoms with Gasteiger partial charge in [0, 0.05) is 22.2 Å². The summed E-state index contributed by atoms with van der Waals surface area (Å²) in [5.74, 6) is 0.816. The molecule has 0 spiro atoms. The first-order valence-electron chi connectivity index (χ1n) is 10.3. The van der Waals surface area contributed by atoms with E-state index in [1.165, 1.54) is 11.3 Å². The van der Waals surface area contributed by atoms with Gasteiger partial charge in [-0.15, -0.1) is 0 Å². The third-order valence-electron chi connectivity index (χ3n) is 5.67. The van der Waals surface area contributed by atoms with Crippen LogP contribution in [0.1, 0.15) is 56.7 Å². The van der Waals surface area contributed by atoms with Crippen molar-refractivity contribution in [3.63, 3.8) is 0 Å². The number of carbonyl (C=O) groups excluding carboxylic acids is 1. The first-order valence-corrected chi connectivity index (χ1v) is 11.1. The monoisotopic (exact) mass is 471 g/mol. The third kappa shape index (κ3) is 5.04. The van der Waals surface area contributed by atoms with Crippen LogP contribution in [0.5, 0.6) is 5.75 Å². The summed E-state index contributed by atoms with van der Waals surface area (Å²) in [5, 5.41) is 4.14. The van der Waals surface area contributed by atoms with E-state index < -0.39 is 0 Å². The Bertz CT molecular complexity index is 938. The lowest BCUT2D eigenvalue weighted by Gasteiger charge is -2.47. The minimum Gasteiger partial charge on any atom is -0.484 e. The van der Waals surface area contributed by atoms with Gasteiger partial charge >= 0.3 is 0 Å². The van der Waals surface area contributed by atoms with Crippen molar-refractivity contribution in [2.75, 3.05) is 18.1 Å². The lowest BCUT2D eigenvalue weighted by atomic mass is 9.79. The fourth-order valence-corrected chi connectivity index (χ4v) is 4.54. The van der Waals surface area contributed by atoms with Gasteiger partial charge in [0.2, 0.25) is 0 Å². The largest absolute Gasteiger partial charge is 0.484 e. The molecule has 5 nitrogen and oxygen atoms in total. The summed E-state index contributed by atoms with van der Waals surface area (Å²) in [6, 6.07) is 11.8. The van der Waals surface area contributed by atoms with E-state index in [0.717, 1.165) is 28.6 Å². The molecule has 3 rings (SSSR count). The second-order valence-corrected chi connectivity index (χ2v) is 9.38. The maximum Gasteiger partial charge on any atom is 0.277 e. The van der Waals surface area contributed by atoms with Gasteiger partial charge in [-0.25, -0.2) is 5.43 Å². The molecule has 2 aromatic carbocycles. The van der Waals surface area contributed by atoms with E-state index in [4.69, 9.17) is 4.74 Å². The number of fused-ring (bicyclic) bond motifs is 1. The maximum absolute atomic E-state index is 12.0. The van der Waals surface area contributed by atoms with Gasteiger partial charge in [0.05, 0.1) is 6.21 Å². The van der Waals surface area contributed by atoms with Crippen LogP contribution in [0, 0.1) is 6.92 Å². The van der Waals surface area contributed by atoms with Crippen LogP contribution in [-0.4, -0.2) is 30.8 Å². The second-order valence-electron chi connectivity index (χ2n) is 8.47. The van der Waals surface area contributed by atoms with Crippen molar-refractivity contribution in [1.82, 2.24) is 5.43 Å². The molecule has 160 valence electrons. The standard InChI is InChI=1S/C24H30BrN3O2/c1-6-28-22-11-16(2)18(12-21(22)17(3)13-24(28,4)5)14-26-27-23(29)15-30-20-9-7-19(25)8-10-20/h7-12,14,17H,6,13,15H2,1-5H3,(H,27,29)/b26-14-. The van der Waals surface area contributed by atoms with E-state index in [-0.39, 0.29) is 18.1 Å². The van der Waals surface area contributed by atoms with Gasteiger partial charge in [0.15, 0.2) is 6.61 Å². The number of nitrogens with zero attached hydrogens (tertiary/aromatic N) is 2. The van der Waals surface area contributed by atoms with E-state index in [9.17, 15) is 4.79 Å². The Hall–Kier alpha value is -2.34. The molecule has 6 heteroatoms. The Kier molecular flexibility index (Phi) is 6.86. The molecule has 0 saturated carbocycles. The minimum absolute atomic E-state index is 0.0836. The maximum atomic E-state index is 12.0. The lowest BCUT2D eigenvalue weighted by Crippen LogP contribution is -2.48. The summed E-state index contributed by atoms with van der Waals surface area (Å²) >= 11 is 3.37. The predicted octanol–water partition coefficient (Wildman–Crippen LogP) is 5.40. The number of hydrogen-bond acceptors (Lipinski definition) is 4. The van der Waals surface area contributed by atoms with Gasteiger partial charge in [0.1, 0.15) is 5.75 Å². The smallest absolute Gasteiger partial charge is 0.277 e. The van der Waals surface area contributed by atoms with Gasteiger partial charge in [-0.05, 0) is 93.1 Å². The normalized spacial score (nSPS) is 17.7. The zero-order valence-electron chi connectivity index (χ0n) is 18.3. The average Bonchev–Trinajstić information content (AvgIpc) is 2.68. The second kappa shape index (κ2) is 9.21. The summed E-state index contributed by atoms with van der Waals surface area (Å²) in [6.45, 7) is 12.1. The fraction of sp³-hybridized carbons (Fsp3) is 0.417. The highest BCUT2D eigenvalue weighted by Gasteiger charge is 2.35. The van der Waals surface area contributed by atoms with Crippen LogP contribution < -0.4 is 15.1 Å². The number of amides is 1. The Labute approximate surface area is 187 Å². The zero-order valence-corrected chi connectivity index (χ0v) is 19.9. The molecule has 2 aromatic rings. The number of anilines is 1. The van der Waals surface area contributed by atoms with Crippen molar-refractivity contribution in [1.29, 1.82) is 0 Å². The van der Waals surface area contributed by atoms with E-state index >= 15 is 0 Å². The Balaban J connectivity index is 1.66. The zero-order chi connectivity index (χ0) is 21.9. The fourth-order valence-electron chi connectivity index (χ4n) is 4.27. The molecule has 1 unspecified atom stereocenters. The number of aryl methyl sites for hydroxylation is 1. The summed E-state index contributed by atoms with van der Waals surface area (Å²) in [4.78, 5) is 14.5. The van der Waals surface area contributed by atoms with Crippen molar-refractivity contribution in [2.24, 2.45) is 5.10 Å². The number of ether oxygens (including phenoxy) is 1. The van der Waals surface area contributed by atoms with E-state index in [1.54, 1.807) is 18.3 Å².